The first kappa shape index (κ1) is 23.5. The number of nitrogens with one attached hydrogen (secondary N) is 1. The lowest BCUT2D eigenvalue weighted by Crippen LogP contribution is -2.36. The zero-order valence-electron chi connectivity index (χ0n) is 19.8. The van der Waals surface area contributed by atoms with Crippen molar-refractivity contribution in [2.24, 2.45) is 7.05 Å². The van der Waals surface area contributed by atoms with Crippen molar-refractivity contribution < 1.29 is 19.3 Å². The highest BCUT2D eigenvalue weighted by molar-refractivity contribution is 7.17. The molecule has 180 valence electrons. The van der Waals surface area contributed by atoms with Crippen molar-refractivity contribution >= 4 is 40.2 Å². The summed E-state index contributed by atoms with van der Waals surface area (Å²) in [4.78, 5) is 14.8. The van der Waals surface area contributed by atoms with Gasteiger partial charge in [0.15, 0.2) is 0 Å². The number of hydrogen-bond acceptors (Lipinski definition) is 6. The number of hydrogen-bond donors (Lipinski definition) is 2. The van der Waals surface area contributed by atoms with Gasteiger partial charge in [-0.05, 0) is 79.3 Å². The third-order valence-electron chi connectivity index (χ3n) is 6.32. The lowest BCUT2D eigenvalue weighted by atomic mass is 9.86. The van der Waals surface area contributed by atoms with E-state index in [0.717, 1.165) is 52.5 Å². The molecule has 1 unspecified atom stereocenters. The standard InChI is InChI=1S/C26H28BN3O4S/c1-27(32)30-12-10-22(16-30)34-21-8-6-20(7-9-21)33-17-18-4-3-5-19(14-18)28-26(31)24-15-25-23(29(24)2)11-13-35-25/h3-9,11,13-15,22,32H,10,12,16-17H2,1-2H3,(H,28,31). The second-order valence-corrected chi connectivity index (χ2v) is 9.78. The number of benzene rings is 2. The van der Waals surface area contributed by atoms with Crippen molar-refractivity contribution in [3.8, 4) is 11.5 Å². The Labute approximate surface area is 209 Å². The molecule has 3 heterocycles. The Morgan fingerprint density at radius 3 is 2.71 bits per heavy atom. The molecule has 4 aromatic rings. The van der Waals surface area contributed by atoms with Crippen molar-refractivity contribution in [3.63, 3.8) is 0 Å². The normalized spacial score (nSPS) is 15.9. The Kier molecular flexibility index (Phi) is 6.81. The zero-order valence-corrected chi connectivity index (χ0v) is 20.6. The van der Waals surface area contributed by atoms with Crippen LogP contribution in [0.25, 0.3) is 10.2 Å². The summed E-state index contributed by atoms with van der Waals surface area (Å²) in [6.07, 6.45) is 0.986. The van der Waals surface area contributed by atoms with Gasteiger partial charge in [0, 0.05) is 19.3 Å². The van der Waals surface area contributed by atoms with Gasteiger partial charge in [-0.1, -0.05) is 12.1 Å². The molecule has 0 spiro atoms. The van der Waals surface area contributed by atoms with Crippen LogP contribution in [-0.4, -0.2) is 46.6 Å². The maximum atomic E-state index is 12.8. The zero-order chi connectivity index (χ0) is 24.4. The summed E-state index contributed by atoms with van der Waals surface area (Å²) in [5, 5.41) is 14.7. The molecule has 5 rings (SSSR count). The summed E-state index contributed by atoms with van der Waals surface area (Å²) >= 11 is 1.63. The molecule has 0 radical (unpaired) electrons. The van der Waals surface area contributed by atoms with E-state index in [-0.39, 0.29) is 12.0 Å². The van der Waals surface area contributed by atoms with Crippen molar-refractivity contribution in [1.29, 1.82) is 0 Å². The molecule has 2 aromatic heterocycles. The number of fused-ring (bicyclic) bond motifs is 1. The molecular formula is C26H28BN3O4S. The average Bonchev–Trinajstić information content (AvgIpc) is 3.57. The Morgan fingerprint density at radius 1 is 1.17 bits per heavy atom. The van der Waals surface area contributed by atoms with E-state index in [2.05, 4.69) is 5.32 Å². The van der Waals surface area contributed by atoms with Crippen LogP contribution in [0.5, 0.6) is 11.5 Å². The highest BCUT2D eigenvalue weighted by atomic mass is 32.1. The van der Waals surface area contributed by atoms with E-state index in [4.69, 9.17) is 9.47 Å². The summed E-state index contributed by atoms with van der Waals surface area (Å²) in [5.74, 6) is 1.40. The predicted molar refractivity (Wildman–Crippen MR) is 140 cm³/mol. The van der Waals surface area contributed by atoms with E-state index in [9.17, 15) is 9.82 Å². The van der Waals surface area contributed by atoms with Crippen molar-refractivity contribution in [1.82, 2.24) is 9.38 Å². The Balaban J connectivity index is 1.15. The SMILES string of the molecule is CB(O)N1CCC(Oc2ccc(OCc3cccc(NC(=O)c4cc5sccc5n4C)c3)cc2)C1. The molecule has 1 aliphatic heterocycles. The maximum absolute atomic E-state index is 12.8. The van der Waals surface area contributed by atoms with Crippen LogP contribution >= 0.6 is 11.3 Å². The van der Waals surface area contributed by atoms with Crippen LogP contribution in [0.4, 0.5) is 5.69 Å². The topological polar surface area (TPSA) is 76.0 Å². The molecule has 0 bridgehead atoms. The first-order valence-corrected chi connectivity index (χ1v) is 12.6. The molecule has 1 fully saturated rings. The van der Waals surface area contributed by atoms with Gasteiger partial charge < -0.3 is 29.2 Å². The lowest BCUT2D eigenvalue weighted by Gasteiger charge is -2.17. The van der Waals surface area contributed by atoms with Gasteiger partial charge in [0.1, 0.15) is 29.9 Å². The fourth-order valence-corrected chi connectivity index (χ4v) is 5.21. The second kappa shape index (κ2) is 10.2. The predicted octanol–water partition coefficient (Wildman–Crippen LogP) is 4.63. The highest BCUT2D eigenvalue weighted by Crippen LogP contribution is 2.25. The van der Waals surface area contributed by atoms with Crippen molar-refractivity contribution in [3.05, 3.63) is 77.3 Å². The Hall–Kier alpha value is -3.27. The molecule has 7 nitrogen and oxygen atoms in total. The molecule has 0 saturated carbocycles. The minimum Gasteiger partial charge on any atom is -0.489 e. The number of carbonyl (C=O) groups is 1. The van der Waals surface area contributed by atoms with Gasteiger partial charge in [-0.3, -0.25) is 4.79 Å². The Morgan fingerprint density at radius 2 is 1.97 bits per heavy atom. The summed E-state index contributed by atoms with van der Waals surface area (Å²) in [5.41, 5.74) is 3.38. The summed E-state index contributed by atoms with van der Waals surface area (Å²) < 4.78 is 15.0. The van der Waals surface area contributed by atoms with Crippen LogP contribution in [0.15, 0.2) is 66.0 Å². The number of aromatic nitrogens is 1. The van der Waals surface area contributed by atoms with Gasteiger partial charge in [0.2, 0.25) is 0 Å². The summed E-state index contributed by atoms with van der Waals surface area (Å²) in [6, 6.07) is 19.2. The number of ether oxygens (including phenoxy) is 2. The minimum atomic E-state index is -0.443. The number of aryl methyl sites for hydroxylation is 1. The summed E-state index contributed by atoms with van der Waals surface area (Å²) in [7, 11) is 1.46. The quantitative estimate of drug-likeness (QED) is 0.353. The number of carbonyl (C=O) groups excluding carboxylic acids is 1. The number of anilines is 1. The van der Waals surface area contributed by atoms with E-state index in [0.29, 0.717) is 12.3 Å². The van der Waals surface area contributed by atoms with E-state index in [1.807, 2.05) is 82.5 Å². The smallest absolute Gasteiger partial charge is 0.376 e. The molecular weight excluding hydrogens is 461 g/mol. The van der Waals surface area contributed by atoms with Crippen LogP contribution in [-0.2, 0) is 13.7 Å². The molecule has 2 aromatic carbocycles. The van der Waals surface area contributed by atoms with Gasteiger partial charge in [-0.15, -0.1) is 11.3 Å². The molecule has 35 heavy (non-hydrogen) atoms. The number of thiophene rings is 1. The van der Waals surface area contributed by atoms with Crippen molar-refractivity contribution in [2.75, 3.05) is 18.4 Å². The molecule has 1 aliphatic rings. The molecule has 9 heteroatoms. The fourth-order valence-electron chi connectivity index (χ4n) is 4.37. The fraction of sp³-hybridized carbons (Fsp3) is 0.269. The minimum absolute atomic E-state index is 0.0844. The average molecular weight is 489 g/mol. The molecule has 0 aliphatic carbocycles. The van der Waals surface area contributed by atoms with Gasteiger partial charge in [0.25, 0.3) is 5.91 Å². The Bertz CT molecular complexity index is 1320. The second-order valence-electron chi connectivity index (χ2n) is 8.83. The van der Waals surface area contributed by atoms with E-state index < -0.39 is 7.05 Å². The lowest BCUT2D eigenvalue weighted by molar-refractivity contribution is 0.101. The van der Waals surface area contributed by atoms with Gasteiger partial charge in [-0.2, -0.15) is 0 Å². The van der Waals surface area contributed by atoms with E-state index in [1.165, 1.54) is 0 Å². The largest absolute Gasteiger partial charge is 0.489 e. The number of amides is 1. The third kappa shape index (κ3) is 5.37. The monoisotopic (exact) mass is 489 g/mol. The van der Waals surface area contributed by atoms with Gasteiger partial charge >= 0.3 is 7.05 Å². The molecule has 1 saturated heterocycles. The van der Waals surface area contributed by atoms with Crippen LogP contribution in [0.3, 0.4) is 0 Å². The number of nitrogens with zero attached hydrogens (tertiary/aromatic N) is 2. The number of rotatable bonds is 8. The molecule has 1 atom stereocenters. The van der Waals surface area contributed by atoms with Crippen LogP contribution in [0, 0.1) is 0 Å². The van der Waals surface area contributed by atoms with Crippen LogP contribution < -0.4 is 14.8 Å². The van der Waals surface area contributed by atoms with Gasteiger partial charge in [0.05, 0.1) is 10.2 Å². The first-order valence-electron chi connectivity index (χ1n) is 11.7. The van der Waals surface area contributed by atoms with E-state index in [1.54, 1.807) is 18.2 Å². The molecule has 1 amide bonds. The van der Waals surface area contributed by atoms with Crippen LogP contribution in [0.2, 0.25) is 6.82 Å². The van der Waals surface area contributed by atoms with Crippen molar-refractivity contribution in [2.45, 2.75) is 26.0 Å². The van der Waals surface area contributed by atoms with Gasteiger partial charge in [-0.25, -0.2) is 0 Å². The van der Waals surface area contributed by atoms with Crippen LogP contribution in [0.1, 0.15) is 22.5 Å². The summed E-state index contributed by atoms with van der Waals surface area (Å²) in [6.45, 7) is 3.73. The first-order chi connectivity index (χ1) is 17.0. The van der Waals surface area contributed by atoms with E-state index >= 15 is 0 Å². The highest BCUT2D eigenvalue weighted by Gasteiger charge is 2.28. The third-order valence-corrected chi connectivity index (χ3v) is 7.17. The molecule has 2 N–H and O–H groups in total. The maximum Gasteiger partial charge on any atom is 0.376 e.